The van der Waals surface area contributed by atoms with Gasteiger partial charge in [0.15, 0.2) is 0 Å². The molecule has 1 aromatic carbocycles. The van der Waals surface area contributed by atoms with Crippen molar-refractivity contribution in [1.29, 1.82) is 0 Å². The highest BCUT2D eigenvalue weighted by molar-refractivity contribution is 7.09. The predicted molar refractivity (Wildman–Crippen MR) is 76.9 cm³/mol. The Kier molecular flexibility index (Phi) is 4.11. The van der Waals surface area contributed by atoms with Gasteiger partial charge in [0.2, 0.25) is 0 Å². The topological polar surface area (TPSA) is 68.1 Å². The van der Waals surface area contributed by atoms with E-state index >= 15 is 0 Å². The summed E-state index contributed by atoms with van der Waals surface area (Å²) in [5.41, 5.74) is 2.82. The highest BCUT2D eigenvalue weighted by Crippen LogP contribution is 2.20. The average Bonchev–Trinajstić information content (AvgIpc) is 2.74. The fourth-order valence-corrected chi connectivity index (χ4v) is 2.48. The summed E-state index contributed by atoms with van der Waals surface area (Å²) in [6.45, 7) is 4.54. The molecule has 0 radical (unpaired) electrons. The minimum absolute atomic E-state index is 0.118. The summed E-state index contributed by atoms with van der Waals surface area (Å²) in [6.07, 6.45) is 0.812. The van der Waals surface area contributed by atoms with Gasteiger partial charge in [-0.25, -0.2) is 4.98 Å². The molecule has 0 aliphatic heterocycles. The van der Waals surface area contributed by atoms with E-state index in [1.807, 2.05) is 25.3 Å². The molecule has 2 aromatic rings. The second-order valence-electron chi connectivity index (χ2n) is 4.35. The average molecular weight is 277 g/mol. The third-order valence-corrected chi connectivity index (χ3v) is 3.47. The van der Waals surface area contributed by atoms with Crippen molar-refractivity contribution in [2.24, 2.45) is 0 Å². The van der Waals surface area contributed by atoms with Crippen LogP contribution < -0.4 is 5.32 Å². The van der Waals surface area contributed by atoms with E-state index in [1.54, 1.807) is 23.5 Å². The Labute approximate surface area is 115 Å². The SMILES string of the molecule is Cc1cc(NCCc2csc(C)n2)cc([N+](=O)[O-])c1. The number of thiazole rings is 1. The van der Waals surface area contributed by atoms with Crippen LogP contribution in [-0.2, 0) is 6.42 Å². The zero-order chi connectivity index (χ0) is 13.8. The summed E-state index contributed by atoms with van der Waals surface area (Å²) >= 11 is 1.63. The largest absolute Gasteiger partial charge is 0.384 e. The molecule has 0 atom stereocenters. The van der Waals surface area contributed by atoms with Gasteiger partial charge < -0.3 is 5.32 Å². The van der Waals surface area contributed by atoms with E-state index in [9.17, 15) is 10.1 Å². The number of aryl methyl sites for hydroxylation is 2. The number of nitrogens with zero attached hydrogens (tertiary/aromatic N) is 2. The number of aromatic nitrogens is 1. The van der Waals surface area contributed by atoms with Crippen LogP contribution in [0.5, 0.6) is 0 Å². The van der Waals surface area contributed by atoms with Crippen LogP contribution in [0.15, 0.2) is 23.6 Å². The molecule has 5 nitrogen and oxygen atoms in total. The molecule has 1 aromatic heterocycles. The van der Waals surface area contributed by atoms with Crippen molar-refractivity contribution in [3.05, 3.63) is 50.0 Å². The van der Waals surface area contributed by atoms with Crippen molar-refractivity contribution in [2.45, 2.75) is 20.3 Å². The number of hydrogen-bond acceptors (Lipinski definition) is 5. The van der Waals surface area contributed by atoms with Gasteiger partial charge in [0, 0.05) is 36.2 Å². The molecule has 100 valence electrons. The van der Waals surface area contributed by atoms with Crippen LogP contribution in [0.2, 0.25) is 0 Å². The summed E-state index contributed by atoms with van der Waals surface area (Å²) in [5.74, 6) is 0. The zero-order valence-electron chi connectivity index (χ0n) is 10.8. The van der Waals surface area contributed by atoms with Crippen LogP contribution in [0, 0.1) is 24.0 Å². The lowest BCUT2D eigenvalue weighted by Gasteiger charge is -2.06. The number of hydrogen-bond donors (Lipinski definition) is 1. The van der Waals surface area contributed by atoms with Gasteiger partial charge in [-0.1, -0.05) is 0 Å². The van der Waals surface area contributed by atoms with E-state index in [1.165, 1.54) is 0 Å². The van der Waals surface area contributed by atoms with Crippen molar-refractivity contribution >= 4 is 22.7 Å². The quantitative estimate of drug-likeness (QED) is 0.672. The first-order valence-electron chi connectivity index (χ1n) is 5.95. The molecule has 19 heavy (non-hydrogen) atoms. The lowest BCUT2D eigenvalue weighted by molar-refractivity contribution is -0.384. The van der Waals surface area contributed by atoms with E-state index in [0.717, 1.165) is 28.4 Å². The van der Waals surface area contributed by atoms with Gasteiger partial charge in [0.05, 0.1) is 15.6 Å². The minimum atomic E-state index is -0.373. The maximum absolute atomic E-state index is 10.8. The normalized spacial score (nSPS) is 10.4. The summed E-state index contributed by atoms with van der Waals surface area (Å²) in [7, 11) is 0. The Bertz CT molecular complexity index is 595. The molecular formula is C13H15N3O2S. The van der Waals surface area contributed by atoms with Crippen LogP contribution >= 0.6 is 11.3 Å². The Morgan fingerprint density at radius 1 is 1.37 bits per heavy atom. The second-order valence-corrected chi connectivity index (χ2v) is 5.41. The maximum Gasteiger partial charge on any atom is 0.271 e. The first-order chi connectivity index (χ1) is 9.04. The van der Waals surface area contributed by atoms with Crippen LogP contribution in [0.25, 0.3) is 0 Å². The lowest BCUT2D eigenvalue weighted by atomic mass is 10.2. The molecule has 0 aliphatic carbocycles. The van der Waals surface area contributed by atoms with E-state index in [0.29, 0.717) is 6.54 Å². The Morgan fingerprint density at radius 2 is 2.16 bits per heavy atom. The molecule has 0 saturated heterocycles. The van der Waals surface area contributed by atoms with Crippen LogP contribution in [0.4, 0.5) is 11.4 Å². The van der Waals surface area contributed by atoms with Gasteiger partial charge >= 0.3 is 0 Å². The van der Waals surface area contributed by atoms with Crippen molar-refractivity contribution in [3.8, 4) is 0 Å². The number of nitro benzene ring substituents is 1. The fraction of sp³-hybridized carbons (Fsp3) is 0.308. The van der Waals surface area contributed by atoms with E-state index < -0.39 is 0 Å². The molecule has 1 N–H and O–H groups in total. The van der Waals surface area contributed by atoms with Gasteiger partial charge in [-0.2, -0.15) is 0 Å². The smallest absolute Gasteiger partial charge is 0.271 e. The third kappa shape index (κ3) is 3.75. The van der Waals surface area contributed by atoms with Gasteiger partial charge in [-0.15, -0.1) is 11.3 Å². The summed E-state index contributed by atoms with van der Waals surface area (Å²) < 4.78 is 0. The van der Waals surface area contributed by atoms with E-state index in [2.05, 4.69) is 10.3 Å². The molecule has 0 fully saturated rings. The summed E-state index contributed by atoms with van der Waals surface area (Å²) in [6, 6.07) is 5.02. The Balaban J connectivity index is 1.97. The zero-order valence-corrected chi connectivity index (χ0v) is 11.7. The molecular weight excluding hydrogens is 262 g/mol. The van der Waals surface area contributed by atoms with E-state index in [4.69, 9.17) is 0 Å². The molecule has 0 saturated carbocycles. The number of benzene rings is 1. The van der Waals surface area contributed by atoms with Crippen molar-refractivity contribution in [3.63, 3.8) is 0 Å². The number of rotatable bonds is 5. The molecule has 0 bridgehead atoms. The Hall–Kier alpha value is -1.95. The lowest BCUT2D eigenvalue weighted by Crippen LogP contribution is -2.05. The summed E-state index contributed by atoms with van der Waals surface area (Å²) in [4.78, 5) is 14.8. The van der Waals surface area contributed by atoms with Gasteiger partial charge in [0.25, 0.3) is 5.69 Å². The number of nitrogens with one attached hydrogen (secondary N) is 1. The fourth-order valence-electron chi connectivity index (χ4n) is 1.83. The first-order valence-corrected chi connectivity index (χ1v) is 6.83. The number of anilines is 1. The molecule has 2 rings (SSSR count). The van der Waals surface area contributed by atoms with Crippen molar-refractivity contribution < 1.29 is 4.92 Å². The predicted octanol–water partition coefficient (Wildman–Crippen LogP) is 3.32. The highest BCUT2D eigenvalue weighted by atomic mass is 32.1. The van der Waals surface area contributed by atoms with Crippen LogP contribution in [0.3, 0.4) is 0 Å². The van der Waals surface area contributed by atoms with Crippen LogP contribution in [0.1, 0.15) is 16.3 Å². The first kappa shape index (κ1) is 13.5. The third-order valence-electron chi connectivity index (χ3n) is 2.65. The number of nitro groups is 1. The molecule has 0 aliphatic rings. The highest BCUT2D eigenvalue weighted by Gasteiger charge is 2.07. The molecule has 1 heterocycles. The molecule has 0 amide bonds. The Morgan fingerprint density at radius 3 is 2.79 bits per heavy atom. The second kappa shape index (κ2) is 5.79. The van der Waals surface area contributed by atoms with Crippen LogP contribution in [-0.4, -0.2) is 16.5 Å². The minimum Gasteiger partial charge on any atom is -0.384 e. The monoisotopic (exact) mass is 277 g/mol. The molecule has 0 spiro atoms. The molecule has 6 heteroatoms. The maximum atomic E-state index is 10.8. The van der Waals surface area contributed by atoms with Gasteiger partial charge in [-0.3, -0.25) is 10.1 Å². The molecule has 0 unspecified atom stereocenters. The summed E-state index contributed by atoms with van der Waals surface area (Å²) in [5, 5.41) is 17.1. The van der Waals surface area contributed by atoms with E-state index in [-0.39, 0.29) is 10.6 Å². The van der Waals surface area contributed by atoms with Crippen molar-refractivity contribution in [2.75, 3.05) is 11.9 Å². The van der Waals surface area contributed by atoms with Gasteiger partial charge in [-0.05, 0) is 25.5 Å². The van der Waals surface area contributed by atoms with Gasteiger partial charge in [0.1, 0.15) is 0 Å². The van der Waals surface area contributed by atoms with Crippen molar-refractivity contribution in [1.82, 2.24) is 4.98 Å². The standard InChI is InChI=1S/C13H15N3O2S/c1-9-5-12(7-13(6-9)16(17)18)14-4-3-11-8-19-10(2)15-11/h5-8,14H,3-4H2,1-2H3. The number of non-ortho nitro benzene ring substituents is 1.